The standard InChI is InChI=1S/C12H20BrN3O2S/c1-4-5-16-11(17)10(13)9(6-15-16)14-7-12(2,18)8-19-3/h6,14,18H,4-5,7-8H2,1-3H3. The van der Waals surface area contributed by atoms with Crippen LogP contribution in [0.2, 0.25) is 0 Å². The third-order valence-corrected chi connectivity index (χ3v) is 4.21. The Labute approximate surface area is 125 Å². The van der Waals surface area contributed by atoms with Crippen molar-refractivity contribution in [3.63, 3.8) is 0 Å². The monoisotopic (exact) mass is 349 g/mol. The Morgan fingerprint density at radius 2 is 2.32 bits per heavy atom. The molecular weight excluding hydrogens is 330 g/mol. The van der Waals surface area contributed by atoms with E-state index in [1.165, 1.54) is 4.68 Å². The van der Waals surface area contributed by atoms with Gasteiger partial charge in [-0.05, 0) is 35.5 Å². The van der Waals surface area contributed by atoms with Gasteiger partial charge >= 0.3 is 0 Å². The number of nitrogens with zero attached hydrogens (tertiary/aromatic N) is 2. The molecular formula is C12H20BrN3O2S. The van der Waals surface area contributed by atoms with Crippen LogP contribution in [0, 0.1) is 0 Å². The molecule has 0 saturated heterocycles. The van der Waals surface area contributed by atoms with Crippen LogP contribution in [-0.2, 0) is 6.54 Å². The number of hydrogen-bond acceptors (Lipinski definition) is 5. The quantitative estimate of drug-likeness (QED) is 0.787. The Balaban J connectivity index is 2.81. The van der Waals surface area contributed by atoms with E-state index in [2.05, 4.69) is 26.3 Å². The molecule has 7 heteroatoms. The minimum atomic E-state index is -0.822. The lowest BCUT2D eigenvalue weighted by atomic mass is 10.1. The number of hydrogen-bond donors (Lipinski definition) is 2. The highest BCUT2D eigenvalue weighted by atomic mass is 79.9. The lowest BCUT2D eigenvalue weighted by Crippen LogP contribution is -2.36. The van der Waals surface area contributed by atoms with E-state index in [1.54, 1.807) is 24.9 Å². The van der Waals surface area contributed by atoms with Crippen molar-refractivity contribution < 1.29 is 5.11 Å². The van der Waals surface area contributed by atoms with Crippen LogP contribution in [0.3, 0.4) is 0 Å². The molecule has 0 aromatic carbocycles. The summed E-state index contributed by atoms with van der Waals surface area (Å²) < 4.78 is 1.88. The van der Waals surface area contributed by atoms with Crippen LogP contribution in [0.25, 0.3) is 0 Å². The van der Waals surface area contributed by atoms with Gasteiger partial charge in [-0.1, -0.05) is 6.92 Å². The van der Waals surface area contributed by atoms with Crippen LogP contribution in [0.5, 0.6) is 0 Å². The molecule has 0 aliphatic carbocycles. The van der Waals surface area contributed by atoms with Crippen LogP contribution in [0.4, 0.5) is 5.69 Å². The van der Waals surface area contributed by atoms with Gasteiger partial charge in [0.1, 0.15) is 4.47 Å². The molecule has 1 aromatic heterocycles. The minimum Gasteiger partial charge on any atom is -0.387 e. The van der Waals surface area contributed by atoms with E-state index < -0.39 is 5.60 Å². The Kier molecular flexibility index (Phi) is 6.35. The molecule has 0 aliphatic heterocycles. The summed E-state index contributed by atoms with van der Waals surface area (Å²) in [6, 6.07) is 0. The summed E-state index contributed by atoms with van der Waals surface area (Å²) in [7, 11) is 0. The van der Waals surface area contributed by atoms with Crippen molar-refractivity contribution in [2.45, 2.75) is 32.4 Å². The zero-order chi connectivity index (χ0) is 14.5. The fourth-order valence-corrected chi connectivity index (χ4v) is 2.78. The maximum absolute atomic E-state index is 12.0. The predicted molar refractivity (Wildman–Crippen MR) is 84.0 cm³/mol. The zero-order valence-corrected chi connectivity index (χ0v) is 13.8. The summed E-state index contributed by atoms with van der Waals surface area (Å²) in [4.78, 5) is 12.0. The normalized spacial score (nSPS) is 14.2. The Morgan fingerprint density at radius 3 is 2.89 bits per heavy atom. The summed E-state index contributed by atoms with van der Waals surface area (Å²) >= 11 is 4.86. The fourth-order valence-electron chi connectivity index (χ4n) is 1.61. The highest BCUT2D eigenvalue weighted by Gasteiger charge is 2.20. The molecule has 1 heterocycles. The van der Waals surface area contributed by atoms with E-state index in [1.807, 2.05) is 13.2 Å². The number of aromatic nitrogens is 2. The molecule has 0 aliphatic rings. The number of rotatable bonds is 7. The predicted octanol–water partition coefficient (Wildman–Crippen LogP) is 1.94. The molecule has 0 amide bonds. The number of anilines is 1. The molecule has 1 unspecified atom stereocenters. The Bertz CT molecular complexity index is 477. The Morgan fingerprint density at radius 1 is 1.63 bits per heavy atom. The first-order valence-electron chi connectivity index (χ1n) is 6.12. The number of halogens is 1. The van der Waals surface area contributed by atoms with E-state index in [-0.39, 0.29) is 5.56 Å². The van der Waals surface area contributed by atoms with Crippen LogP contribution in [0.15, 0.2) is 15.5 Å². The molecule has 0 bridgehead atoms. The molecule has 19 heavy (non-hydrogen) atoms. The molecule has 1 atom stereocenters. The van der Waals surface area contributed by atoms with Crippen LogP contribution >= 0.6 is 27.7 Å². The molecule has 0 saturated carbocycles. The number of aryl methyl sites for hydroxylation is 1. The van der Waals surface area contributed by atoms with Gasteiger partial charge in [0.05, 0.1) is 17.5 Å². The second-order valence-corrected chi connectivity index (χ2v) is 6.34. The maximum atomic E-state index is 12.0. The number of nitrogens with one attached hydrogen (secondary N) is 1. The van der Waals surface area contributed by atoms with Crippen molar-refractivity contribution in [2.75, 3.05) is 23.9 Å². The van der Waals surface area contributed by atoms with E-state index in [4.69, 9.17) is 0 Å². The van der Waals surface area contributed by atoms with Gasteiger partial charge in [-0.3, -0.25) is 4.79 Å². The summed E-state index contributed by atoms with van der Waals surface area (Å²) in [5, 5.41) is 17.2. The van der Waals surface area contributed by atoms with Crippen LogP contribution < -0.4 is 10.9 Å². The van der Waals surface area contributed by atoms with Crippen molar-refractivity contribution in [3.05, 3.63) is 21.0 Å². The zero-order valence-electron chi connectivity index (χ0n) is 11.4. The third kappa shape index (κ3) is 4.81. The largest absolute Gasteiger partial charge is 0.387 e. The molecule has 0 radical (unpaired) electrons. The minimum absolute atomic E-state index is 0.156. The van der Waals surface area contributed by atoms with Gasteiger partial charge in [0.25, 0.3) is 5.56 Å². The van der Waals surface area contributed by atoms with Crippen molar-refractivity contribution in [2.24, 2.45) is 0 Å². The van der Waals surface area contributed by atoms with Crippen molar-refractivity contribution in [1.82, 2.24) is 9.78 Å². The molecule has 1 aromatic rings. The average Bonchev–Trinajstić information content (AvgIpc) is 2.34. The molecule has 0 fully saturated rings. The van der Waals surface area contributed by atoms with Crippen molar-refractivity contribution in [1.29, 1.82) is 0 Å². The highest BCUT2D eigenvalue weighted by molar-refractivity contribution is 9.10. The number of thioether (sulfide) groups is 1. The molecule has 108 valence electrons. The van der Waals surface area contributed by atoms with Gasteiger partial charge in [0.2, 0.25) is 0 Å². The van der Waals surface area contributed by atoms with Gasteiger partial charge in [-0.15, -0.1) is 0 Å². The van der Waals surface area contributed by atoms with E-state index in [0.717, 1.165) is 6.42 Å². The first kappa shape index (κ1) is 16.5. The summed E-state index contributed by atoms with van der Waals surface area (Å²) in [6.07, 6.45) is 4.41. The third-order valence-electron chi connectivity index (χ3n) is 2.54. The second-order valence-electron chi connectivity index (χ2n) is 4.68. The lowest BCUT2D eigenvalue weighted by Gasteiger charge is -2.23. The summed E-state index contributed by atoms with van der Waals surface area (Å²) in [6.45, 7) is 4.72. The van der Waals surface area contributed by atoms with E-state index >= 15 is 0 Å². The fraction of sp³-hybridized carbons (Fsp3) is 0.667. The molecule has 2 N–H and O–H groups in total. The van der Waals surface area contributed by atoms with Gasteiger partial charge in [-0.2, -0.15) is 16.9 Å². The van der Waals surface area contributed by atoms with E-state index in [0.29, 0.717) is 29.0 Å². The summed E-state index contributed by atoms with van der Waals surface area (Å²) in [5.74, 6) is 0.623. The van der Waals surface area contributed by atoms with Crippen LogP contribution in [0.1, 0.15) is 20.3 Å². The lowest BCUT2D eigenvalue weighted by molar-refractivity contribution is 0.0997. The van der Waals surface area contributed by atoms with E-state index in [9.17, 15) is 9.90 Å². The topological polar surface area (TPSA) is 67.2 Å². The van der Waals surface area contributed by atoms with Crippen molar-refractivity contribution >= 4 is 33.4 Å². The number of aliphatic hydroxyl groups is 1. The SMILES string of the molecule is CCCn1ncc(NCC(C)(O)CSC)c(Br)c1=O. The second kappa shape index (κ2) is 7.31. The smallest absolute Gasteiger partial charge is 0.283 e. The first-order chi connectivity index (χ1) is 8.91. The van der Waals surface area contributed by atoms with Crippen molar-refractivity contribution in [3.8, 4) is 0 Å². The maximum Gasteiger partial charge on any atom is 0.283 e. The molecule has 5 nitrogen and oxygen atoms in total. The summed E-state index contributed by atoms with van der Waals surface area (Å²) in [5.41, 5.74) is -0.368. The van der Waals surface area contributed by atoms with Gasteiger partial charge in [-0.25, -0.2) is 4.68 Å². The van der Waals surface area contributed by atoms with Gasteiger partial charge in [0.15, 0.2) is 0 Å². The van der Waals surface area contributed by atoms with Gasteiger partial charge < -0.3 is 10.4 Å². The Hall–Kier alpha value is -0.530. The molecule has 1 rings (SSSR count). The van der Waals surface area contributed by atoms with Crippen LogP contribution in [-0.4, -0.2) is 39.0 Å². The average molecular weight is 350 g/mol. The molecule has 0 spiro atoms. The van der Waals surface area contributed by atoms with Gasteiger partial charge in [0, 0.05) is 18.8 Å². The highest BCUT2D eigenvalue weighted by Crippen LogP contribution is 2.18. The first-order valence-corrected chi connectivity index (χ1v) is 8.30.